The van der Waals surface area contributed by atoms with Gasteiger partial charge in [-0.1, -0.05) is 11.6 Å². The maximum Gasteiger partial charge on any atom is 0.200 e. The van der Waals surface area contributed by atoms with Crippen molar-refractivity contribution in [3.05, 3.63) is 70.8 Å². The van der Waals surface area contributed by atoms with E-state index < -0.39 is 0 Å². The minimum Gasteiger partial charge on any atom is -0.440 e. The third-order valence-corrected chi connectivity index (χ3v) is 6.35. The molecule has 2 aromatic carbocycles. The summed E-state index contributed by atoms with van der Waals surface area (Å²) in [5, 5.41) is 0.643. The summed E-state index contributed by atoms with van der Waals surface area (Å²) in [4.78, 5) is 27.9. The van der Waals surface area contributed by atoms with Gasteiger partial charge in [-0.2, -0.15) is 0 Å². The normalized spacial score (nSPS) is 18.8. The van der Waals surface area contributed by atoms with Crippen molar-refractivity contribution in [1.29, 1.82) is 0 Å². The fourth-order valence-corrected chi connectivity index (χ4v) is 4.69. The van der Waals surface area contributed by atoms with Crippen LogP contribution in [0.3, 0.4) is 0 Å². The van der Waals surface area contributed by atoms with Crippen LogP contribution in [0, 0.1) is 6.92 Å². The molecule has 2 aromatic heterocycles. The summed E-state index contributed by atoms with van der Waals surface area (Å²) in [7, 11) is 0. The molecule has 4 aromatic rings. The molecule has 0 aliphatic carbocycles. The monoisotopic (exact) mass is 446 g/mol. The first kappa shape index (κ1) is 20.6. The van der Waals surface area contributed by atoms with Gasteiger partial charge in [0.2, 0.25) is 0 Å². The van der Waals surface area contributed by atoms with E-state index >= 15 is 0 Å². The molecule has 2 atom stereocenters. The maximum atomic E-state index is 12.0. The summed E-state index contributed by atoms with van der Waals surface area (Å²) < 4.78 is 6.09. The van der Waals surface area contributed by atoms with Crippen LogP contribution in [0.15, 0.2) is 53.2 Å². The van der Waals surface area contributed by atoms with Gasteiger partial charge in [0.05, 0.1) is 11.5 Å². The van der Waals surface area contributed by atoms with Gasteiger partial charge >= 0.3 is 0 Å². The SMILES string of the molecule is Cc1cc(C=O)c(-c2ncccn2)c(N2C[C@H](c3nc4cc(Cl)ccc4o3)CC[C@H]2C)c1. The number of benzene rings is 2. The first-order valence-corrected chi connectivity index (χ1v) is 11.1. The number of anilines is 1. The Hall–Kier alpha value is -3.25. The van der Waals surface area contributed by atoms with E-state index in [1.165, 1.54) is 0 Å². The van der Waals surface area contributed by atoms with Gasteiger partial charge in [-0.3, -0.25) is 4.79 Å². The molecule has 6 nitrogen and oxygen atoms in total. The standard InChI is InChI=1S/C25H23ClN4O2/c1-15-10-18(14-31)23(24-27-8-3-9-28-24)21(11-15)30-13-17(5-4-16(30)2)25-29-20-12-19(26)6-7-22(20)32-25/h3,6-12,14,16-17H,4-5,13H2,1-2H3/t16-,17-/m1/s1. The smallest absolute Gasteiger partial charge is 0.200 e. The molecule has 5 rings (SSSR count). The van der Waals surface area contributed by atoms with Crippen LogP contribution >= 0.6 is 11.6 Å². The zero-order valence-electron chi connectivity index (χ0n) is 18.0. The van der Waals surface area contributed by atoms with Crippen molar-refractivity contribution in [3.8, 4) is 11.4 Å². The molecule has 0 saturated carbocycles. The van der Waals surface area contributed by atoms with E-state index in [2.05, 4.69) is 27.9 Å². The molecule has 1 aliphatic heterocycles. The highest BCUT2D eigenvalue weighted by atomic mass is 35.5. The molecule has 0 radical (unpaired) electrons. The number of piperidine rings is 1. The summed E-state index contributed by atoms with van der Waals surface area (Å²) in [5.41, 5.74) is 4.86. The molecule has 162 valence electrons. The molecule has 3 heterocycles. The zero-order chi connectivity index (χ0) is 22.2. The van der Waals surface area contributed by atoms with E-state index in [0.717, 1.165) is 59.5 Å². The van der Waals surface area contributed by atoms with Crippen LogP contribution in [0.1, 0.15) is 47.5 Å². The van der Waals surface area contributed by atoms with Crippen LogP contribution < -0.4 is 4.90 Å². The van der Waals surface area contributed by atoms with E-state index in [9.17, 15) is 4.79 Å². The molecule has 1 saturated heterocycles. The molecule has 0 unspecified atom stereocenters. The Morgan fingerprint density at radius 3 is 2.75 bits per heavy atom. The second kappa shape index (κ2) is 8.36. The number of hydrogen-bond acceptors (Lipinski definition) is 6. The maximum absolute atomic E-state index is 12.0. The minimum absolute atomic E-state index is 0.127. The van der Waals surface area contributed by atoms with Crippen molar-refractivity contribution in [3.63, 3.8) is 0 Å². The van der Waals surface area contributed by atoms with Crippen LogP contribution in [-0.2, 0) is 0 Å². The van der Waals surface area contributed by atoms with Gasteiger partial charge in [0.1, 0.15) is 5.52 Å². The summed E-state index contributed by atoms with van der Waals surface area (Å²) in [5.74, 6) is 1.40. The topological polar surface area (TPSA) is 72.1 Å². The van der Waals surface area contributed by atoms with Gasteiger partial charge in [0, 0.05) is 41.3 Å². The summed E-state index contributed by atoms with van der Waals surface area (Å²) in [6.07, 6.45) is 6.24. The van der Waals surface area contributed by atoms with Gasteiger partial charge in [0.25, 0.3) is 0 Å². The predicted octanol–water partition coefficient (Wildman–Crippen LogP) is 5.83. The number of nitrogens with zero attached hydrogens (tertiary/aromatic N) is 4. The lowest BCUT2D eigenvalue weighted by atomic mass is 9.91. The second-order valence-corrected chi connectivity index (χ2v) is 8.81. The first-order valence-electron chi connectivity index (χ1n) is 10.7. The zero-order valence-corrected chi connectivity index (χ0v) is 18.7. The number of carbonyl (C=O) groups excluding carboxylic acids is 1. The summed E-state index contributed by atoms with van der Waals surface area (Å²) in [6.45, 7) is 4.94. The highest BCUT2D eigenvalue weighted by molar-refractivity contribution is 6.31. The minimum atomic E-state index is 0.127. The van der Waals surface area contributed by atoms with Crippen LogP contribution in [0.25, 0.3) is 22.5 Å². The lowest BCUT2D eigenvalue weighted by Gasteiger charge is -2.40. The second-order valence-electron chi connectivity index (χ2n) is 8.38. The van der Waals surface area contributed by atoms with Crippen molar-refractivity contribution < 1.29 is 9.21 Å². The van der Waals surface area contributed by atoms with Crippen LogP contribution in [-0.4, -0.2) is 33.8 Å². The van der Waals surface area contributed by atoms with E-state index in [-0.39, 0.29) is 12.0 Å². The molecule has 32 heavy (non-hydrogen) atoms. The molecule has 1 aliphatic rings. The van der Waals surface area contributed by atoms with Gasteiger partial charge in [0.15, 0.2) is 23.6 Å². The number of halogens is 1. The van der Waals surface area contributed by atoms with E-state index in [0.29, 0.717) is 16.4 Å². The number of aromatic nitrogens is 3. The molecular weight excluding hydrogens is 424 g/mol. The largest absolute Gasteiger partial charge is 0.440 e. The van der Waals surface area contributed by atoms with Crippen molar-refractivity contribution >= 4 is 34.7 Å². The average Bonchev–Trinajstić information content (AvgIpc) is 3.22. The van der Waals surface area contributed by atoms with Crippen molar-refractivity contribution in [2.75, 3.05) is 11.4 Å². The summed E-state index contributed by atoms with van der Waals surface area (Å²) in [6, 6.07) is 11.6. The Labute approximate surface area is 191 Å². The highest BCUT2D eigenvalue weighted by Crippen LogP contribution is 2.39. The molecule has 7 heteroatoms. The quantitative estimate of drug-likeness (QED) is 0.367. The van der Waals surface area contributed by atoms with Gasteiger partial charge < -0.3 is 9.32 Å². The molecule has 0 spiro atoms. The van der Waals surface area contributed by atoms with Gasteiger partial charge in [-0.25, -0.2) is 15.0 Å². The fraction of sp³-hybridized carbons (Fsp3) is 0.280. The molecule has 0 bridgehead atoms. The predicted molar refractivity (Wildman–Crippen MR) is 125 cm³/mol. The Balaban J connectivity index is 1.57. The highest BCUT2D eigenvalue weighted by Gasteiger charge is 2.32. The third kappa shape index (κ3) is 3.75. The number of hydrogen-bond donors (Lipinski definition) is 0. The van der Waals surface area contributed by atoms with Crippen LogP contribution in [0.2, 0.25) is 5.02 Å². The van der Waals surface area contributed by atoms with Crippen LogP contribution in [0.5, 0.6) is 0 Å². The van der Waals surface area contributed by atoms with E-state index in [1.54, 1.807) is 18.5 Å². The Kier molecular flexibility index (Phi) is 5.39. The Morgan fingerprint density at radius 2 is 1.97 bits per heavy atom. The lowest BCUT2D eigenvalue weighted by molar-refractivity contribution is 0.112. The van der Waals surface area contributed by atoms with Crippen molar-refractivity contribution in [1.82, 2.24) is 15.0 Å². The lowest BCUT2D eigenvalue weighted by Crippen LogP contribution is -2.41. The number of rotatable bonds is 4. The number of oxazole rings is 1. The van der Waals surface area contributed by atoms with Crippen molar-refractivity contribution in [2.45, 2.75) is 38.6 Å². The number of aldehydes is 1. The fourth-order valence-electron chi connectivity index (χ4n) is 4.52. The molecular formula is C25H23ClN4O2. The third-order valence-electron chi connectivity index (χ3n) is 6.12. The van der Waals surface area contributed by atoms with Crippen LogP contribution in [0.4, 0.5) is 5.69 Å². The molecule has 0 N–H and O–H groups in total. The van der Waals surface area contributed by atoms with E-state index in [1.807, 2.05) is 31.2 Å². The van der Waals surface area contributed by atoms with Gasteiger partial charge in [-0.05, 0) is 68.7 Å². The Morgan fingerprint density at radius 1 is 1.16 bits per heavy atom. The molecule has 0 amide bonds. The first-order chi connectivity index (χ1) is 15.5. The Bertz CT molecular complexity index is 1290. The van der Waals surface area contributed by atoms with E-state index in [4.69, 9.17) is 21.0 Å². The number of aryl methyl sites for hydroxylation is 1. The number of carbonyl (C=O) groups is 1. The van der Waals surface area contributed by atoms with Gasteiger partial charge in [-0.15, -0.1) is 0 Å². The number of fused-ring (bicyclic) bond motifs is 1. The summed E-state index contributed by atoms with van der Waals surface area (Å²) >= 11 is 6.12. The van der Waals surface area contributed by atoms with Crippen molar-refractivity contribution in [2.24, 2.45) is 0 Å². The average molecular weight is 447 g/mol. The molecule has 1 fully saturated rings.